The Labute approximate surface area is 235 Å². The molecule has 1 N–H and O–H groups in total. The lowest BCUT2D eigenvalue weighted by molar-refractivity contribution is -0.159. The first-order valence-corrected chi connectivity index (χ1v) is 13.4. The molecule has 1 amide bonds. The molecule has 0 aliphatic carbocycles. The zero-order valence-electron chi connectivity index (χ0n) is 21.8. The number of halogens is 3. The van der Waals surface area contributed by atoms with Crippen molar-refractivity contribution in [2.24, 2.45) is 0 Å². The van der Waals surface area contributed by atoms with Gasteiger partial charge >= 0.3 is 6.18 Å². The van der Waals surface area contributed by atoms with Crippen molar-refractivity contribution >= 4 is 11.6 Å². The zero-order chi connectivity index (χ0) is 28.2. The van der Waals surface area contributed by atoms with E-state index in [2.05, 4.69) is 5.32 Å². The Morgan fingerprint density at radius 3 is 1.54 bits per heavy atom. The number of carbonyl (C=O) groups is 1. The third-order valence-electron chi connectivity index (χ3n) is 8.35. The van der Waals surface area contributed by atoms with Crippen molar-refractivity contribution in [2.75, 3.05) is 4.90 Å². The molecule has 0 fully saturated rings. The smallest absolute Gasteiger partial charge is 0.291 e. The SMILES string of the molecule is O=C1N(C(c2ccccc2)(c2ccccc2)c2ccccc2)c2ccccc2C12NC(C(F)(F)F)c1ccccc12. The topological polar surface area (TPSA) is 32.3 Å². The lowest BCUT2D eigenvalue weighted by atomic mass is 9.75. The van der Waals surface area contributed by atoms with Gasteiger partial charge in [0, 0.05) is 5.56 Å². The van der Waals surface area contributed by atoms with Gasteiger partial charge in [0.05, 0.1) is 5.69 Å². The van der Waals surface area contributed by atoms with Crippen molar-refractivity contribution in [1.29, 1.82) is 0 Å². The van der Waals surface area contributed by atoms with Crippen LogP contribution >= 0.6 is 0 Å². The van der Waals surface area contributed by atoms with E-state index in [9.17, 15) is 13.2 Å². The molecule has 7 rings (SSSR count). The van der Waals surface area contributed by atoms with Gasteiger partial charge in [-0.05, 0) is 33.9 Å². The normalized spacial score (nSPS) is 19.8. The Balaban J connectivity index is 1.59. The summed E-state index contributed by atoms with van der Waals surface area (Å²) in [5.74, 6) is -0.463. The van der Waals surface area contributed by atoms with Crippen LogP contribution in [-0.4, -0.2) is 12.1 Å². The molecule has 2 aliphatic heterocycles. The molecule has 0 bridgehead atoms. The van der Waals surface area contributed by atoms with Gasteiger partial charge in [0.1, 0.15) is 11.6 Å². The molecular formula is C35H25F3N2O. The van der Waals surface area contributed by atoms with E-state index < -0.39 is 29.2 Å². The van der Waals surface area contributed by atoms with E-state index in [-0.39, 0.29) is 5.56 Å². The molecule has 2 atom stereocenters. The van der Waals surface area contributed by atoms with Gasteiger partial charge in [-0.2, -0.15) is 13.2 Å². The van der Waals surface area contributed by atoms with Gasteiger partial charge < -0.3 is 0 Å². The number of para-hydroxylation sites is 1. The Bertz CT molecular complexity index is 1640. The van der Waals surface area contributed by atoms with Crippen molar-refractivity contribution in [3.8, 4) is 0 Å². The van der Waals surface area contributed by atoms with E-state index in [1.807, 2.05) is 103 Å². The summed E-state index contributed by atoms with van der Waals surface area (Å²) in [6.07, 6.45) is -4.60. The molecule has 5 aromatic carbocycles. The van der Waals surface area contributed by atoms with Gasteiger partial charge in [-0.3, -0.25) is 15.0 Å². The van der Waals surface area contributed by atoms with E-state index in [4.69, 9.17) is 0 Å². The highest BCUT2D eigenvalue weighted by molar-refractivity contribution is 6.13. The lowest BCUT2D eigenvalue weighted by Gasteiger charge is -2.44. The number of fused-ring (bicyclic) bond motifs is 4. The number of anilines is 1. The van der Waals surface area contributed by atoms with Gasteiger partial charge in [0.25, 0.3) is 5.91 Å². The summed E-state index contributed by atoms with van der Waals surface area (Å²) in [7, 11) is 0. The Hall–Kier alpha value is -4.68. The predicted octanol–water partition coefficient (Wildman–Crippen LogP) is 7.48. The molecule has 0 radical (unpaired) electrons. The van der Waals surface area contributed by atoms with Gasteiger partial charge in [-0.25, -0.2) is 0 Å². The third kappa shape index (κ3) is 3.47. The third-order valence-corrected chi connectivity index (χ3v) is 8.35. The first kappa shape index (κ1) is 25.3. The summed E-state index contributed by atoms with van der Waals surface area (Å²) in [5, 5.41) is 2.82. The molecule has 0 aromatic heterocycles. The molecule has 2 aliphatic rings. The number of nitrogens with zero attached hydrogens (tertiary/aromatic N) is 1. The van der Waals surface area contributed by atoms with Crippen molar-refractivity contribution in [2.45, 2.75) is 23.3 Å². The Morgan fingerprint density at radius 1 is 0.585 bits per heavy atom. The molecule has 3 nitrogen and oxygen atoms in total. The number of amides is 1. The van der Waals surface area contributed by atoms with Crippen LogP contribution in [0, 0.1) is 0 Å². The standard InChI is InChI=1S/C35H25F3N2O/c36-35(37,38)31-27-20-10-11-21-28(27)33(39-31)29-22-12-13-23-30(29)40(32(33)41)34(24-14-4-1-5-15-24,25-16-6-2-7-17-25)26-18-8-3-9-19-26/h1-23,31,39H. The maximum atomic E-state index is 15.3. The number of carbonyl (C=O) groups excluding carboxylic acids is 1. The molecule has 41 heavy (non-hydrogen) atoms. The summed E-state index contributed by atoms with van der Waals surface area (Å²) in [4.78, 5) is 17.0. The summed E-state index contributed by atoms with van der Waals surface area (Å²) < 4.78 is 43.6. The van der Waals surface area contributed by atoms with Crippen LogP contribution in [0.25, 0.3) is 0 Å². The molecule has 5 aromatic rings. The Kier molecular flexibility index (Phi) is 5.66. The maximum absolute atomic E-state index is 15.3. The lowest BCUT2D eigenvalue weighted by Crippen LogP contribution is -2.57. The van der Waals surface area contributed by atoms with Crippen LogP contribution in [-0.2, 0) is 15.9 Å². The number of hydrogen-bond donors (Lipinski definition) is 1. The first-order chi connectivity index (χ1) is 19.9. The van der Waals surface area contributed by atoms with E-state index in [0.29, 0.717) is 16.8 Å². The van der Waals surface area contributed by atoms with Crippen molar-refractivity contribution in [1.82, 2.24) is 5.32 Å². The average molecular weight is 547 g/mol. The summed E-state index contributed by atoms with van der Waals surface area (Å²) in [6.45, 7) is 0. The van der Waals surface area contributed by atoms with Gasteiger partial charge in [0.2, 0.25) is 0 Å². The van der Waals surface area contributed by atoms with Crippen LogP contribution in [0.4, 0.5) is 18.9 Å². The zero-order valence-corrected chi connectivity index (χ0v) is 21.8. The minimum atomic E-state index is -4.60. The second-order valence-electron chi connectivity index (χ2n) is 10.4. The van der Waals surface area contributed by atoms with E-state index in [1.165, 1.54) is 6.07 Å². The van der Waals surface area contributed by atoms with Crippen LogP contribution in [0.2, 0.25) is 0 Å². The van der Waals surface area contributed by atoms with Crippen LogP contribution in [0.3, 0.4) is 0 Å². The molecular weight excluding hydrogens is 521 g/mol. The summed E-state index contributed by atoms with van der Waals surface area (Å²) in [5.41, 5.74) is 0.976. The second kappa shape index (κ2) is 9.18. The fourth-order valence-electron chi connectivity index (χ4n) is 6.76. The summed E-state index contributed by atoms with van der Waals surface area (Å²) >= 11 is 0. The molecule has 6 heteroatoms. The largest absolute Gasteiger partial charge is 0.407 e. The summed E-state index contributed by atoms with van der Waals surface area (Å²) in [6, 6.07) is 40.6. The minimum Gasteiger partial charge on any atom is -0.291 e. The fourth-order valence-corrected chi connectivity index (χ4v) is 6.76. The van der Waals surface area contributed by atoms with Crippen molar-refractivity contribution < 1.29 is 18.0 Å². The number of rotatable bonds is 4. The van der Waals surface area contributed by atoms with Gasteiger partial charge in [-0.1, -0.05) is 133 Å². The van der Waals surface area contributed by atoms with Gasteiger partial charge in [-0.15, -0.1) is 0 Å². The quantitative estimate of drug-likeness (QED) is 0.237. The molecule has 0 saturated carbocycles. The fraction of sp³-hybridized carbons (Fsp3) is 0.114. The van der Waals surface area contributed by atoms with E-state index in [1.54, 1.807) is 35.2 Å². The molecule has 2 heterocycles. The molecule has 202 valence electrons. The molecule has 2 unspecified atom stereocenters. The van der Waals surface area contributed by atoms with Crippen molar-refractivity contribution in [3.05, 3.63) is 173 Å². The highest BCUT2D eigenvalue weighted by Crippen LogP contribution is 2.58. The monoisotopic (exact) mass is 546 g/mol. The van der Waals surface area contributed by atoms with E-state index >= 15 is 4.79 Å². The van der Waals surface area contributed by atoms with Crippen LogP contribution < -0.4 is 10.2 Å². The molecule has 1 spiro atoms. The number of benzene rings is 5. The highest BCUT2D eigenvalue weighted by atomic mass is 19.4. The number of hydrogen-bond acceptors (Lipinski definition) is 2. The second-order valence-corrected chi connectivity index (χ2v) is 10.4. The van der Waals surface area contributed by atoms with Crippen LogP contribution in [0.5, 0.6) is 0 Å². The number of nitrogens with one attached hydrogen (secondary N) is 1. The van der Waals surface area contributed by atoms with E-state index in [0.717, 1.165) is 16.7 Å². The van der Waals surface area contributed by atoms with Crippen LogP contribution in [0.15, 0.2) is 140 Å². The first-order valence-electron chi connectivity index (χ1n) is 13.4. The number of alkyl halides is 3. The van der Waals surface area contributed by atoms with Gasteiger partial charge in [0.15, 0.2) is 5.54 Å². The van der Waals surface area contributed by atoms with Crippen molar-refractivity contribution in [3.63, 3.8) is 0 Å². The average Bonchev–Trinajstić information content (AvgIpc) is 3.49. The Morgan fingerprint density at radius 2 is 1.02 bits per heavy atom. The van der Waals surface area contributed by atoms with Crippen LogP contribution in [0.1, 0.15) is 39.4 Å². The minimum absolute atomic E-state index is 0.0646. The maximum Gasteiger partial charge on any atom is 0.407 e. The predicted molar refractivity (Wildman–Crippen MR) is 152 cm³/mol. The highest BCUT2D eigenvalue weighted by Gasteiger charge is 2.65. The molecule has 0 saturated heterocycles.